The minimum atomic E-state index is -0.432. The van der Waals surface area contributed by atoms with Gasteiger partial charge in [-0.15, -0.1) is 0 Å². The molecule has 3 aromatic rings. The molecule has 2 aromatic carbocycles. The fourth-order valence-corrected chi connectivity index (χ4v) is 3.54. The molecular formula is C25H31N5O3. The maximum Gasteiger partial charge on any atom is 0.341 e. The lowest BCUT2D eigenvalue weighted by atomic mass is 10.1. The quantitative estimate of drug-likeness (QED) is 0.311. The molecule has 0 bridgehead atoms. The van der Waals surface area contributed by atoms with E-state index in [2.05, 4.69) is 40.9 Å². The zero-order chi connectivity index (χ0) is 23.8. The van der Waals surface area contributed by atoms with Crippen LogP contribution in [-0.2, 0) is 17.8 Å². The number of methoxy groups -OCH3 is 2. The van der Waals surface area contributed by atoms with Crippen LogP contribution < -0.4 is 15.4 Å². The highest BCUT2D eigenvalue weighted by Gasteiger charge is 2.13. The van der Waals surface area contributed by atoms with Crippen molar-refractivity contribution < 1.29 is 14.3 Å². The standard InChI is InChI=1S/C25H31N5O3/c1-6-26-25(27-15-19-11-12-21(24(31)33-5)23(14-19)32-4)28-16-20-9-7-8-10-22(20)30-18(3)13-17(2)29-30/h7-14H,6,15-16H2,1-5H3,(H2,26,27,28). The van der Waals surface area contributed by atoms with Crippen LogP contribution in [-0.4, -0.2) is 42.5 Å². The number of aromatic nitrogens is 2. The molecule has 0 saturated carbocycles. The van der Waals surface area contributed by atoms with Gasteiger partial charge in [0.25, 0.3) is 0 Å². The summed E-state index contributed by atoms with van der Waals surface area (Å²) in [4.78, 5) is 16.6. The Hall–Kier alpha value is -3.81. The normalized spacial score (nSPS) is 11.2. The van der Waals surface area contributed by atoms with Gasteiger partial charge in [-0.2, -0.15) is 5.10 Å². The van der Waals surface area contributed by atoms with Gasteiger partial charge in [-0.05, 0) is 56.2 Å². The molecule has 3 rings (SSSR count). The van der Waals surface area contributed by atoms with Crippen LogP contribution >= 0.6 is 0 Å². The van der Waals surface area contributed by atoms with Gasteiger partial charge in [-0.25, -0.2) is 14.5 Å². The summed E-state index contributed by atoms with van der Waals surface area (Å²) in [5.74, 6) is 0.723. The largest absolute Gasteiger partial charge is 0.496 e. The van der Waals surface area contributed by atoms with E-state index in [0.29, 0.717) is 30.4 Å². The number of benzene rings is 2. The number of nitrogens with zero attached hydrogens (tertiary/aromatic N) is 3. The molecule has 8 nitrogen and oxygen atoms in total. The summed E-state index contributed by atoms with van der Waals surface area (Å²) in [7, 11) is 2.88. The number of carbonyl (C=O) groups is 1. The number of hydrogen-bond acceptors (Lipinski definition) is 5. The Labute approximate surface area is 194 Å². The Bertz CT molecular complexity index is 1140. The summed E-state index contributed by atoms with van der Waals surface area (Å²) >= 11 is 0. The number of nitrogens with one attached hydrogen (secondary N) is 2. The van der Waals surface area contributed by atoms with Crippen molar-refractivity contribution in [3.05, 3.63) is 76.6 Å². The molecular weight excluding hydrogens is 418 g/mol. The predicted molar refractivity (Wildman–Crippen MR) is 129 cm³/mol. The summed E-state index contributed by atoms with van der Waals surface area (Å²) < 4.78 is 12.1. The van der Waals surface area contributed by atoms with Crippen LogP contribution in [0.5, 0.6) is 5.75 Å². The zero-order valence-electron chi connectivity index (χ0n) is 19.8. The van der Waals surface area contributed by atoms with E-state index in [-0.39, 0.29) is 0 Å². The first-order valence-electron chi connectivity index (χ1n) is 10.9. The molecule has 8 heteroatoms. The Kier molecular flexibility index (Phi) is 8.07. The topological polar surface area (TPSA) is 89.8 Å². The molecule has 33 heavy (non-hydrogen) atoms. The number of aryl methyl sites for hydroxylation is 2. The van der Waals surface area contributed by atoms with Crippen LogP contribution in [0.2, 0.25) is 0 Å². The molecule has 0 atom stereocenters. The molecule has 0 aliphatic heterocycles. The Morgan fingerprint density at radius 3 is 2.55 bits per heavy atom. The first-order valence-corrected chi connectivity index (χ1v) is 10.9. The van der Waals surface area contributed by atoms with Gasteiger partial charge in [0, 0.05) is 18.8 Å². The van der Waals surface area contributed by atoms with Gasteiger partial charge in [0.2, 0.25) is 0 Å². The third-order valence-electron chi connectivity index (χ3n) is 5.11. The average Bonchev–Trinajstić information content (AvgIpc) is 3.17. The fraction of sp³-hybridized carbons (Fsp3) is 0.320. The van der Waals surface area contributed by atoms with Gasteiger partial charge in [0.15, 0.2) is 5.96 Å². The van der Waals surface area contributed by atoms with E-state index >= 15 is 0 Å². The number of carbonyl (C=O) groups excluding carboxylic acids is 1. The van der Waals surface area contributed by atoms with Crippen LogP contribution in [0.25, 0.3) is 5.69 Å². The van der Waals surface area contributed by atoms with Gasteiger partial charge >= 0.3 is 5.97 Å². The number of para-hydroxylation sites is 1. The Morgan fingerprint density at radius 2 is 1.88 bits per heavy atom. The maximum absolute atomic E-state index is 11.9. The van der Waals surface area contributed by atoms with E-state index in [1.165, 1.54) is 14.2 Å². The number of guanidine groups is 1. The molecule has 0 radical (unpaired) electrons. The number of ether oxygens (including phenoxy) is 2. The fourth-order valence-electron chi connectivity index (χ4n) is 3.54. The molecule has 0 unspecified atom stereocenters. The van der Waals surface area contributed by atoms with Crippen molar-refractivity contribution in [1.82, 2.24) is 20.4 Å². The molecule has 0 amide bonds. The van der Waals surface area contributed by atoms with Crippen LogP contribution in [0.4, 0.5) is 0 Å². The molecule has 0 spiro atoms. The summed E-state index contributed by atoms with van der Waals surface area (Å²) in [6.07, 6.45) is 0. The molecule has 174 valence electrons. The van der Waals surface area contributed by atoms with E-state index in [0.717, 1.165) is 34.7 Å². The number of rotatable bonds is 8. The SMILES string of the molecule is CCNC(=NCc1ccc(C(=O)OC)c(OC)c1)NCc1ccccc1-n1nc(C)cc1C. The highest BCUT2D eigenvalue weighted by Crippen LogP contribution is 2.21. The highest BCUT2D eigenvalue weighted by atomic mass is 16.5. The van der Waals surface area contributed by atoms with Crippen molar-refractivity contribution in [3.8, 4) is 11.4 Å². The van der Waals surface area contributed by atoms with Crippen LogP contribution in [0.1, 0.15) is 39.8 Å². The lowest BCUT2D eigenvalue weighted by molar-refractivity contribution is 0.0597. The molecule has 0 fully saturated rings. The number of hydrogen-bond donors (Lipinski definition) is 2. The monoisotopic (exact) mass is 449 g/mol. The average molecular weight is 450 g/mol. The zero-order valence-corrected chi connectivity index (χ0v) is 19.8. The second kappa shape index (κ2) is 11.2. The van der Waals surface area contributed by atoms with Crippen LogP contribution in [0, 0.1) is 13.8 Å². The van der Waals surface area contributed by atoms with Crippen LogP contribution in [0.15, 0.2) is 53.5 Å². The second-order valence-electron chi connectivity index (χ2n) is 7.54. The van der Waals surface area contributed by atoms with Crippen molar-refractivity contribution in [2.24, 2.45) is 4.99 Å². The van der Waals surface area contributed by atoms with Crippen molar-refractivity contribution in [2.75, 3.05) is 20.8 Å². The molecule has 2 N–H and O–H groups in total. The van der Waals surface area contributed by atoms with Gasteiger partial charge in [0.05, 0.1) is 32.1 Å². The molecule has 0 saturated heterocycles. The number of aliphatic imine (C=N–C) groups is 1. The first-order chi connectivity index (χ1) is 16.0. The van der Waals surface area contributed by atoms with E-state index in [1.54, 1.807) is 12.1 Å². The van der Waals surface area contributed by atoms with E-state index in [9.17, 15) is 4.79 Å². The smallest absolute Gasteiger partial charge is 0.341 e. The van der Waals surface area contributed by atoms with E-state index in [4.69, 9.17) is 14.5 Å². The van der Waals surface area contributed by atoms with Gasteiger partial charge < -0.3 is 20.1 Å². The number of esters is 1. The van der Waals surface area contributed by atoms with Crippen molar-refractivity contribution in [1.29, 1.82) is 0 Å². The van der Waals surface area contributed by atoms with Gasteiger partial charge in [-0.1, -0.05) is 24.3 Å². The minimum absolute atomic E-state index is 0.388. The van der Waals surface area contributed by atoms with Crippen molar-refractivity contribution in [3.63, 3.8) is 0 Å². The minimum Gasteiger partial charge on any atom is -0.496 e. The predicted octanol–water partition coefficient (Wildman–Crippen LogP) is 3.54. The third kappa shape index (κ3) is 5.91. The second-order valence-corrected chi connectivity index (χ2v) is 7.54. The van der Waals surface area contributed by atoms with E-state index < -0.39 is 5.97 Å². The Morgan fingerprint density at radius 1 is 1.09 bits per heavy atom. The first kappa shape index (κ1) is 23.8. The summed E-state index contributed by atoms with van der Waals surface area (Å²) in [5, 5.41) is 11.3. The maximum atomic E-state index is 11.9. The van der Waals surface area contributed by atoms with Crippen molar-refractivity contribution >= 4 is 11.9 Å². The summed E-state index contributed by atoms with van der Waals surface area (Å²) in [6, 6.07) is 15.6. The lowest BCUT2D eigenvalue weighted by Gasteiger charge is -2.15. The van der Waals surface area contributed by atoms with Gasteiger partial charge in [0.1, 0.15) is 11.3 Å². The molecule has 1 heterocycles. The van der Waals surface area contributed by atoms with E-state index in [1.807, 2.05) is 36.7 Å². The third-order valence-corrected chi connectivity index (χ3v) is 5.11. The van der Waals surface area contributed by atoms with Crippen molar-refractivity contribution in [2.45, 2.75) is 33.9 Å². The molecule has 0 aliphatic rings. The van der Waals surface area contributed by atoms with Crippen LogP contribution in [0.3, 0.4) is 0 Å². The van der Waals surface area contributed by atoms with Gasteiger partial charge in [-0.3, -0.25) is 0 Å². The lowest BCUT2D eigenvalue weighted by Crippen LogP contribution is -2.37. The highest BCUT2D eigenvalue weighted by molar-refractivity contribution is 5.92. The summed E-state index contributed by atoms with van der Waals surface area (Å²) in [6.45, 7) is 7.81. The molecule has 1 aromatic heterocycles. The Balaban J connectivity index is 1.76. The molecule has 0 aliphatic carbocycles. The summed E-state index contributed by atoms with van der Waals surface area (Å²) in [5.41, 5.74) is 5.52.